The highest BCUT2D eigenvalue weighted by Gasteiger charge is 2.38. The molecule has 1 aromatic heterocycles. The molecule has 3 rings (SSSR count). The van der Waals surface area contributed by atoms with Crippen molar-refractivity contribution in [2.24, 2.45) is 5.92 Å². The van der Waals surface area contributed by atoms with Gasteiger partial charge in [-0.2, -0.15) is 13.2 Å². The summed E-state index contributed by atoms with van der Waals surface area (Å²) in [5, 5.41) is 32.8. The maximum absolute atomic E-state index is 13.6. The number of likely N-dealkylation sites (tertiary alicyclic amines) is 1. The van der Waals surface area contributed by atoms with Crippen LogP contribution in [0.5, 0.6) is 5.75 Å². The minimum absolute atomic E-state index is 0.00831. The Morgan fingerprint density at radius 3 is 2.40 bits per heavy atom. The number of carboxylic acid groups (broad SMARTS) is 2. The molecule has 2 aromatic rings. The highest BCUT2D eigenvalue weighted by Crippen LogP contribution is 2.32. The highest BCUT2D eigenvalue weighted by molar-refractivity contribution is 5.99. The minimum Gasteiger partial charge on any atom is -0.494 e. The second-order valence-electron chi connectivity index (χ2n) is 7.59. The van der Waals surface area contributed by atoms with E-state index >= 15 is 0 Å². The molecule has 1 aliphatic heterocycles. The van der Waals surface area contributed by atoms with Crippen molar-refractivity contribution in [1.29, 1.82) is 0 Å². The monoisotopic (exact) mass is 507 g/mol. The van der Waals surface area contributed by atoms with E-state index in [-0.39, 0.29) is 29.5 Å². The zero-order chi connectivity index (χ0) is 26.2. The summed E-state index contributed by atoms with van der Waals surface area (Å²) >= 11 is 0. The number of aromatic carboxylic acids is 1. The molecule has 4 N–H and O–H groups in total. The summed E-state index contributed by atoms with van der Waals surface area (Å²) in [6, 6.07) is 3.97. The molecule has 0 atom stereocenters. The molecule has 10 nitrogen and oxygen atoms in total. The summed E-state index contributed by atoms with van der Waals surface area (Å²) in [5.74, 6) is -3.96. The number of methoxy groups -OCH3 is 1. The van der Waals surface area contributed by atoms with Crippen LogP contribution >= 0.6 is 0 Å². The van der Waals surface area contributed by atoms with E-state index in [4.69, 9.17) is 19.2 Å². The molecule has 1 aliphatic rings. The first kappa shape index (κ1) is 27.9. The number of aromatic nitrogens is 1. The predicted octanol–water partition coefficient (Wildman–Crippen LogP) is 2.94. The smallest absolute Gasteiger partial charge is 0.490 e. The van der Waals surface area contributed by atoms with Crippen LogP contribution in [0.1, 0.15) is 23.2 Å². The average Bonchev–Trinajstić information content (AvgIpc) is 3.24. The van der Waals surface area contributed by atoms with Crippen molar-refractivity contribution >= 4 is 17.8 Å². The molecule has 1 fully saturated rings. The van der Waals surface area contributed by atoms with E-state index in [1.165, 1.54) is 25.3 Å². The molecule has 2 heterocycles. The molecule has 35 heavy (non-hydrogen) atoms. The van der Waals surface area contributed by atoms with Gasteiger partial charge >= 0.3 is 18.1 Å². The number of nitrogens with zero attached hydrogens (tertiary/aromatic N) is 2. The van der Waals surface area contributed by atoms with Crippen LogP contribution < -0.4 is 10.1 Å². The van der Waals surface area contributed by atoms with Gasteiger partial charge < -0.3 is 34.8 Å². The predicted molar refractivity (Wildman–Crippen MR) is 114 cm³/mol. The van der Waals surface area contributed by atoms with Crippen molar-refractivity contribution in [2.45, 2.75) is 19.0 Å². The molecule has 1 aromatic carbocycles. The number of carboxylic acids is 2. The Morgan fingerprint density at radius 1 is 1.26 bits per heavy atom. The number of nitrogens with one attached hydrogen (secondary N) is 1. The number of aliphatic hydroxyl groups excluding tert-OH is 1. The fourth-order valence-corrected chi connectivity index (χ4v) is 3.33. The fraction of sp³-hybridized carbons (Fsp3) is 0.476. The van der Waals surface area contributed by atoms with Crippen LogP contribution in [0.25, 0.3) is 11.3 Å². The number of alkyl halides is 3. The number of hydrogen-bond acceptors (Lipinski definition) is 8. The molecule has 0 amide bonds. The Morgan fingerprint density at radius 2 is 1.89 bits per heavy atom. The largest absolute Gasteiger partial charge is 0.494 e. The van der Waals surface area contributed by atoms with Crippen molar-refractivity contribution in [1.82, 2.24) is 10.1 Å². The van der Waals surface area contributed by atoms with Crippen LogP contribution in [-0.4, -0.2) is 83.4 Å². The number of anilines is 1. The SMILES string of the molecule is COc1cc(-c2onc(NCCN3CCC(CO)CC3)c2C(=O)O)ccc1F.O=C(O)C(F)(F)F. The molecule has 0 spiro atoms. The number of hydrogen-bond donors (Lipinski definition) is 4. The number of benzene rings is 1. The lowest BCUT2D eigenvalue weighted by molar-refractivity contribution is -0.192. The molecule has 0 saturated carbocycles. The number of carbonyl (C=O) groups is 2. The van der Waals surface area contributed by atoms with E-state index in [1.807, 2.05) is 0 Å². The van der Waals surface area contributed by atoms with Crippen LogP contribution in [0, 0.1) is 11.7 Å². The van der Waals surface area contributed by atoms with Crippen molar-refractivity contribution in [3.05, 3.63) is 29.6 Å². The topological polar surface area (TPSA) is 145 Å². The number of aliphatic hydroxyl groups is 1. The first-order chi connectivity index (χ1) is 16.5. The van der Waals surface area contributed by atoms with Gasteiger partial charge in [0.1, 0.15) is 0 Å². The Balaban J connectivity index is 0.000000540. The zero-order valence-corrected chi connectivity index (χ0v) is 18.6. The van der Waals surface area contributed by atoms with Crippen LogP contribution in [0.4, 0.5) is 23.4 Å². The molecule has 194 valence electrons. The Bertz CT molecular complexity index is 1010. The summed E-state index contributed by atoms with van der Waals surface area (Å²) in [6.45, 7) is 3.26. The van der Waals surface area contributed by atoms with E-state index in [1.54, 1.807) is 0 Å². The quantitative estimate of drug-likeness (QED) is 0.394. The molecule has 1 saturated heterocycles. The van der Waals surface area contributed by atoms with Crippen molar-refractivity contribution in [2.75, 3.05) is 45.2 Å². The second-order valence-corrected chi connectivity index (χ2v) is 7.59. The Hall–Kier alpha value is -3.39. The van der Waals surface area contributed by atoms with Gasteiger partial charge in [-0.1, -0.05) is 5.16 Å². The van der Waals surface area contributed by atoms with E-state index in [0.717, 1.165) is 32.5 Å². The van der Waals surface area contributed by atoms with Gasteiger partial charge in [0, 0.05) is 25.3 Å². The van der Waals surface area contributed by atoms with Gasteiger partial charge in [0.15, 0.2) is 28.7 Å². The second kappa shape index (κ2) is 12.4. The summed E-state index contributed by atoms with van der Waals surface area (Å²) in [6.07, 6.45) is -3.17. The van der Waals surface area contributed by atoms with E-state index < -0.39 is 23.9 Å². The highest BCUT2D eigenvalue weighted by atomic mass is 19.4. The lowest BCUT2D eigenvalue weighted by Gasteiger charge is -2.30. The molecule has 0 radical (unpaired) electrons. The van der Waals surface area contributed by atoms with Gasteiger partial charge in [-0.05, 0) is 50.0 Å². The van der Waals surface area contributed by atoms with Crippen LogP contribution in [0.15, 0.2) is 22.7 Å². The number of rotatable bonds is 8. The van der Waals surface area contributed by atoms with Crippen molar-refractivity contribution < 1.29 is 51.7 Å². The van der Waals surface area contributed by atoms with Gasteiger partial charge in [-0.15, -0.1) is 0 Å². The van der Waals surface area contributed by atoms with E-state index in [2.05, 4.69) is 15.4 Å². The molecular formula is C21H25F4N3O7. The first-order valence-corrected chi connectivity index (χ1v) is 10.4. The minimum atomic E-state index is -5.08. The number of aliphatic carboxylic acids is 1. The van der Waals surface area contributed by atoms with Gasteiger partial charge in [0.2, 0.25) is 0 Å². The third-order valence-electron chi connectivity index (χ3n) is 5.25. The summed E-state index contributed by atoms with van der Waals surface area (Å²) in [7, 11) is 1.33. The number of piperidine rings is 1. The lowest BCUT2D eigenvalue weighted by Crippen LogP contribution is -2.37. The summed E-state index contributed by atoms with van der Waals surface area (Å²) in [4.78, 5) is 22.9. The maximum atomic E-state index is 13.6. The van der Waals surface area contributed by atoms with Crippen LogP contribution in [0.2, 0.25) is 0 Å². The zero-order valence-electron chi connectivity index (χ0n) is 18.6. The maximum Gasteiger partial charge on any atom is 0.490 e. The number of halogens is 4. The Kier molecular flexibility index (Phi) is 9.83. The molecule has 0 unspecified atom stereocenters. The summed E-state index contributed by atoms with van der Waals surface area (Å²) in [5.41, 5.74) is 0.259. The molecule has 0 aliphatic carbocycles. The molecule has 0 bridgehead atoms. The van der Waals surface area contributed by atoms with Gasteiger partial charge in [-0.25, -0.2) is 14.0 Å². The van der Waals surface area contributed by atoms with Crippen molar-refractivity contribution in [3.8, 4) is 17.1 Å². The van der Waals surface area contributed by atoms with Crippen LogP contribution in [-0.2, 0) is 4.79 Å². The first-order valence-electron chi connectivity index (χ1n) is 10.4. The van der Waals surface area contributed by atoms with E-state index in [9.17, 15) is 32.6 Å². The van der Waals surface area contributed by atoms with Gasteiger partial charge in [0.05, 0.1) is 7.11 Å². The fourth-order valence-electron chi connectivity index (χ4n) is 3.33. The van der Waals surface area contributed by atoms with Crippen molar-refractivity contribution in [3.63, 3.8) is 0 Å². The van der Waals surface area contributed by atoms with Gasteiger partial charge in [0.25, 0.3) is 0 Å². The lowest BCUT2D eigenvalue weighted by atomic mass is 9.98. The third kappa shape index (κ3) is 7.82. The number of ether oxygens (including phenoxy) is 1. The summed E-state index contributed by atoms with van der Waals surface area (Å²) < 4.78 is 55.5. The van der Waals surface area contributed by atoms with Crippen LogP contribution in [0.3, 0.4) is 0 Å². The average molecular weight is 507 g/mol. The normalized spacial score (nSPS) is 14.7. The standard InChI is InChI=1S/C19H24FN3O5.C2HF3O2/c1-27-15-10-13(2-3-14(15)20)17-16(19(25)26)18(22-28-17)21-6-9-23-7-4-12(11-24)5-8-23;3-2(4,5)1(6)7/h2-3,10,12,24H,4-9,11H2,1H3,(H,21,22)(H,25,26);(H,6,7). The van der Waals surface area contributed by atoms with Gasteiger partial charge in [-0.3, -0.25) is 0 Å². The van der Waals surface area contributed by atoms with E-state index in [0.29, 0.717) is 18.0 Å². The Labute approximate surface area is 197 Å². The molecular weight excluding hydrogens is 482 g/mol. The third-order valence-corrected chi connectivity index (χ3v) is 5.25. The molecule has 14 heteroatoms.